The Kier molecular flexibility index (Phi) is 7.66. The fraction of sp³-hybridized carbons (Fsp3) is 0.611. The van der Waals surface area contributed by atoms with Crippen LogP contribution >= 0.6 is 0 Å². The molecular formula is C18H29N5O2. The van der Waals surface area contributed by atoms with Crippen LogP contribution in [-0.4, -0.2) is 60.5 Å². The fourth-order valence-corrected chi connectivity index (χ4v) is 3.15. The molecule has 2 heterocycles. The van der Waals surface area contributed by atoms with E-state index >= 15 is 0 Å². The summed E-state index contributed by atoms with van der Waals surface area (Å²) in [6, 6.07) is 4.44. The predicted molar refractivity (Wildman–Crippen MR) is 98.2 cm³/mol. The number of hydrogen-bond donors (Lipinski definition) is 3. The van der Waals surface area contributed by atoms with E-state index in [0.29, 0.717) is 25.6 Å². The molecule has 0 radical (unpaired) electrons. The Morgan fingerprint density at radius 3 is 2.76 bits per heavy atom. The summed E-state index contributed by atoms with van der Waals surface area (Å²) in [5.74, 6) is 0.0906. The largest absolute Gasteiger partial charge is 0.384 e. The number of carbonyl (C=O) groups is 2. The number of nitrogens with zero attached hydrogens (tertiary/aromatic N) is 2. The van der Waals surface area contributed by atoms with Gasteiger partial charge >= 0.3 is 0 Å². The minimum Gasteiger partial charge on any atom is -0.384 e. The minimum absolute atomic E-state index is 0.00511. The highest BCUT2D eigenvalue weighted by molar-refractivity contribution is 5.76. The maximum atomic E-state index is 12.1. The number of hydrogen-bond acceptors (Lipinski definition) is 5. The Labute approximate surface area is 149 Å². The molecule has 1 aromatic rings. The quantitative estimate of drug-likeness (QED) is 0.580. The normalized spacial score (nSPS) is 20.2. The molecule has 0 aliphatic carbocycles. The zero-order valence-corrected chi connectivity index (χ0v) is 15.1. The van der Waals surface area contributed by atoms with Gasteiger partial charge in [-0.1, -0.05) is 0 Å². The van der Waals surface area contributed by atoms with Crippen molar-refractivity contribution in [2.75, 3.05) is 32.0 Å². The molecule has 1 aromatic heterocycles. The molecule has 2 atom stereocenters. The van der Waals surface area contributed by atoms with Crippen LogP contribution in [-0.2, 0) is 9.59 Å². The van der Waals surface area contributed by atoms with Gasteiger partial charge in [0.1, 0.15) is 0 Å². The van der Waals surface area contributed by atoms with Crippen molar-refractivity contribution >= 4 is 17.5 Å². The van der Waals surface area contributed by atoms with Crippen molar-refractivity contribution in [2.24, 2.45) is 0 Å². The average molecular weight is 347 g/mol. The van der Waals surface area contributed by atoms with Crippen LogP contribution in [0.25, 0.3) is 0 Å². The van der Waals surface area contributed by atoms with Crippen molar-refractivity contribution in [3.8, 4) is 0 Å². The Morgan fingerprint density at radius 2 is 2.04 bits per heavy atom. The second kappa shape index (κ2) is 9.98. The molecule has 1 fully saturated rings. The summed E-state index contributed by atoms with van der Waals surface area (Å²) < 4.78 is 0. The Hall–Kier alpha value is -2.15. The lowest BCUT2D eigenvalue weighted by Gasteiger charge is -2.25. The summed E-state index contributed by atoms with van der Waals surface area (Å²) in [6.07, 6.45) is 6.92. The minimum atomic E-state index is -0.00511. The molecule has 1 saturated heterocycles. The van der Waals surface area contributed by atoms with Crippen LogP contribution in [0.4, 0.5) is 5.69 Å². The third kappa shape index (κ3) is 6.70. The summed E-state index contributed by atoms with van der Waals surface area (Å²) in [7, 11) is 2.04. The molecule has 25 heavy (non-hydrogen) atoms. The van der Waals surface area contributed by atoms with Gasteiger partial charge in [-0.3, -0.25) is 19.5 Å². The number of rotatable bonds is 9. The van der Waals surface area contributed by atoms with E-state index < -0.39 is 0 Å². The lowest BCUT2D eigenvalue weighted by molar-refractivity contribution is -0.122. The first kappa shape index (κ1) is 19.2. The summed E-state index contributed by atoms with van der Waals surface area (Å²) in [4.78, 5) is 29.4. The molecule has 2 amide bonds. The van der Waals surface area contributed by atoms with E-state index in [1.54, 1.807) is 12.4 Å². The maximum Gasteiger partial charge on any atom is 0.221 e. The van der Waals surface area contributed by atoms with Gasteiger partial charge in [-0.25, -0.2) is 0 Å². The summed E-state index contributed by atoms with van der Waals surface area (Å²) in [5, 5.41) is 9.12. The fourth-order valence-electron chi connectivity index (χ4n) is 3.15. The lowest BCUT2D eigenvalue weighted by Crippen LogP contribution is -2.42. The topological polar surface area (TPSA) is 86.4 Å². The third-order valence-electron chi connectivity index (χ3n) is 4.66. The lowest BCUT2D eigenvalue weighted by atomic mass is 10.1. The van der Waals surface area contributed by atoms with Crippen molar-refractivity contribution in [3.05, 3.63) is 24.5 Å². The first-order chi connectivity index (χ1) is 12.1. The van der Waals surface area contributed by atoms with Gasteiger partial charge in [-0.05, 0) is 38.4 Å². The molecule has 0 spiro atoms. The van der Waals surface area contributed by atoms with Gasteiger partial charge < -0.3 is 16.0 Å². The van der Waals surface area contributed by atoms with Crippen LogP contribution in [0.15, 0.2) is 24.5 Å². The van der Waals surface area contributed by atoms with E-state index in [1.807, 2.05) is 19.2 Å². The number of anilines is 1. The van der Waals surface area contributed by atoms with Crippen molar-refractivity contribution in [1.29, 1.82) is 0 Å². The molecule has 138 valence electrons. The number of likely N-dealkylation sites (N-methyl/N-ethyl adjacent to an activating group) is 1. The monoisotopic (exact) mass is 347 g/mol. The van der Waals surface area contributed by atoms with E-state index in [2.05, 4.69) is 25.8 Å². The second-order valence-electron chi connectivity index (χ2n) is 6.56. The zero-order valence-electron chi connectivity index (χ0n) is 15.1. The molecule has 2 rings (SSSR count). The number of carbonyl (C=O) groups excluding carboxylic acids is 2. The highest BCUT2D eigenvalue weighted by atomic mass is 16.2. The van der Waals surface area contributed by atoms with E-state index in [-0.39, 0.29) is 17.9 Å². The number of aromatic nitrogens is 1. The standard InChI is InChI=1S/C18H29N5O2/c1-14(24)22-13-17-7-6-16(23(17)2)11-18(25)21-10-4-9-20-15-5-3-8-19-12-15/h3,5,8,12,16-17,20H,4,6-7,9-11,13H2,1-2H3,(H,21,25)(H,22,24)/t16-,17+/m0/s1. The van der Waals surface area contributed by atoms with Gasteiger partial charge in [0.25, 0.3) is 0 Å². The highest BCUT2D eigenvalue weighted by Crippen LogP contribution is 2.24. The van der Waals surface area contributed by atoms with Crippen LogP contribution in [0.2, 0.25) is 0 Å². The summed E-state index contributed by atoms with van der Waals surface area (Å²) >= 11 is 0. The van der Waals surface area contributed by atoms with Crippen molar-refractivity contribution in [2.45, 2.75) is 44.7 Å². The van der Waals surface area contributed by atoms with Gasteiger partial charge in [0.15, 0.2) is 0 Å². The molecule has 0 unspecified atom stereocenters. The Balaban J connectivity index is 1.58. The molecule has 3 N–H and O–H groups in total. The van der Waals surface area contributed by atoms with Crippen molar-refractivity contribution in [1.82, 2.24) is 20.5 Å². The van der Waals surface area contributed by atoms with Gasteiger partial charge in [-0.15, -0.1) is 0 Å². The molecular weight excluding hydrogens is 318 g/mol. The van der Waals surface area contributed by atoms with E-state index in [9.17, 15) is 9.59 Å². The number of likely N-dealkylation sites (tertiary alicyclic amines) is 1. The molecule has 0 bridgehead atoms. The van der Waals surface area contributed by atoms with Crippen molar-refractivity contribution < 1.29 is 9.59 Å². The number of nitrogens with one attached hydrogen (secondary N) is 3. The van der Waals surface area contributed by atoms with Gasteiger partial charge in [0.05, 0.1) is 5.69 Å². The summed E-state index contributed by atoms with van der Waals surface area (Å²) in [5.41, 5.74) is 0.992. The first-order valence-corrected chi connectivity index (χ1v) is 8.93. The Morgan fingerprint density at radius 1 is 1.24 bits per heavy atom. The molecule has 1 aliphatic heterocycles. The van der Waals surface area contributed by atoms with Gasteiger partial charge in [-0.2, -0.15) is 0 Å². The van der Waals surface area contributed by atoms with Crippen LogP contribution in [0.3, 0.4) is 0 Å². The predicted octanol–water partition coefficient (Wildman–Crippen LogP) is 0.989. The van der Waals surface area contributed by atoms with Crippen LogP contribution in [0.1, 0.15) is 32.6 Å². The van der Waals surface area contributed by atoms with Crippen LogP contribution < -0.4 is 16.0 Å². The van der Waals surface area contributed by atoms with E-state index in [0.717, 1.165) is 31.5 Å². The van der Waals surface area contributed by atoms with E-state index in [4.69, 9.17) is 0 Å². The maximum absolute atomic E-state index is 12.1. The molecule has 0 saturated carbocycles. The number of amides is 2. The van der Waals surface area contributed by atoms with Crippen molar-refractivity contribution in [3.63, 3.8) is 0 Å². The molecule has 1 aliphatic rings. The number of pyridine rings is 1. The SMILES string of the molecule is CC(=O)NC[C@H]1CC[C@@H](CC(=O)NCCCNc2cccnc2)N1C. The highest BCUT2D eigenvalue weighted by Gasteiger charge is 2.31. The molecule has 0 aromatic carbocycles. The van der Waals surface area contributed by atoms with Crippen LogP contribution in [0, 0.1) is 0 Å². The van der Waals surface area contributed by atoms with Crippen LogP contribution in [0.5, 0.6) is 0 Å². The van der Waals surface area contributed by atoms with Gasteiger partial charge in [0, 0.05) is 57.5 Å². The summed E-state index contributed by atoms with van der Waals surface area (Å²) in [6.45, 7) is 3.65. The first-order valence-electron chi connectivity index (χ1n) is 8.93. The van der Waals surface area contributed by atoms with Gasteiger partial charge in [0.2, 0.25) is 11.8 Å². The molecule has 7 nitrogen and oxygen atoms in total. The second-order valence-corrected chi connectivity index (χ2v) is 6.56. The Bertz CT molecular complexity index is 552. The average Bonchev–Trinajstić information content (AvgIpc) is 2.93. The zero-order chi connectivity index (χ0) is 18.1. The smallest absolute Gasteiger partial charge is 0.221 e. The third-order valence-corrected chi connectivity index (χ3v) is 4.66. The molecule has 7 heteroatoms. The van der Waals surface area contributed by atoms with E-state index in [1.165, 1.54) is 6.92 Å².